The minimum atomic E-state index is 0.136. The Morgan fingerprint density at radius 2 is 2.10 bits per heavy atom. The molecule has 2 nitrogen and oxygen atoms in total. The maximum absolute atomic E-state index is 4.20. The highest BCUT2D eigenvalue weighted by atomic mass is 15.4. The molecule has 56 valence electrons. The van der Waals surface area contributed by atoms with Crippen LogP contribution in [0.3, 0.4) is 0 Å². The Labute approximate surface area is 62.2 Å². The van der Waals surface area contributed by atoms with E-state index in [0.717, 1.165) is 0 Å². The van der Waals surface area contributed by atoms with Crippen LogP contribution < -0.4 is 0 Å². The monoisotopic (exact) mass is 138 g/mol. The first-order valence-corrected chi connectivity index (χ1v) is 3.50. The minimum absolute atomic E-state index is 0.136. The summed E-state index contributed by atoms with van der Waals surface area (Å²) in [6.45, 7) is 6.36. The van der Waals surface area contributed by atoms with Crippen LogP contribution in [0.4, 0.5) is 0 Å². The summed E-state index contributed by atoms with van der Waals surface area (Å²) < 4.78 is 0. The fraction of sp³-hybridized carbons (Fsp3) is 0.625. The van der Waals surface area contributed by atoms with E-state index in [4.69, 9.17) is 0 Å². The largest absolute Gasteiger partial charge is 0.274 e. The van der Waals surface area contributed by atoms with Crippen molar-refractivity contribution in [2.24, 2.45) is 10.5 Å². The fourth-order valence-electron chi connectivity index (χ4n) is 0.996. The Bertz CT molecular complexity index is 189. The number of rotatable bonds is 0. The summed E-state index contributed by atoms with van der Waals surface area (Å²) in [4.78, 5) is 0. The van der Waals surface area contributed by atoms with Crippen molar-refractivity contribution in [1.29, 1.82) is 0 Å². The first-order valence-electron chi connectivity index (χ1n) is 3.50. The SMILES string of the molecule is CC1=CC(C)(C)C=NN1C. The van der Waals surface area contributed by atoms with Crippen LogP contribution in [0.5, 0.6) is 0 Å². The van der Waals surface area contributed by atoms with Crippen LogP contribution in [0.25, 0.3) is 0 Å². The zero-order valence-corrected chi connectivity index (χ0v) is 7.05. The van der Waals surface area contributed by atoms with Crippen LogP contribution in [0.2, 0.25) is 0 Å². The molecule has 0 saturated carbocycles. The Balaban J connectivity index is 2.85. The average Bonchev–Trinajstić information content (AvgIpc) is 1.79. The maximum Gasteiger partial charge on any atom is 0.0344 e. The molecule has 0 fully saturated rings. The molecule has 0 spiro atoms. The molecule has 2 heteroatoms. The summed E-state index contributed by atoms with van der Waals surface area (Å²) in [5.41, 5.74) is 1.35. The van der Waals surface area contributed by atoms with E-state index in [1.54, 1.807) is 0 Å². The lowest BCUT2D eigenvalue weighted by Gasteiger charge is -2.25. The van der Waals surface area contributed by atoms with Crippen molar-refractivity contribution in [1.82, 2.24) is 5.01 Å². The van der Waals surface area contributed by atoms with Crippen LogP contribution in [-0.2, 0) is 0 Å². The van der Waals surface area contributed by atoms with Gasteiger partial charge >= 0.3 is 0 Å². The van der Waals surface area contributed by atoms with Gasteiger partial charge in [0, 0.05) is 24.4 Å². The van der Waals surface area contributed by atoms with E-state index in [-0.39, 0.29) is 5.41 Å². The van der Waals surface area contributed by atoms with Crippen molar-refractivity contribution in [3.05, 3.63) is 11.8 Å². The molecule has 1 heterocycles. The van der Waals surface area contributed by atoms with E-state index >= 15 is 0 Å². The average molecular weight is 138 g/mol. The molecule has 1 rings (SSSR count). The van der Waals surface area contributed by atoms with Gasteiger partial charge in [-0.1, -0.05) is 19.9 Å². The Morgan fingerprint density at radius 3 is 2.50 bits per heavy atom. The highest BCUT2D eigenvalue weighted by Crippen LogP contribution is 2.21. The van der Waals surface area contributed by atoms with Crippen molar-refractivity contribution in [3.8, 4) is 0 Å². The lowest BCUT2D eigenvalue weighted by molar-refractivity contribution is 0.417. The molecule has 0 aliphatic carbocycles. The van der Waals surface area contributed by atoms with E-state index in [9.17, 15) is 0 Å². The summed E-state index contributed by atoms with van der Waals surface area (Å²) >= 11 is 0. The first-order chi connectivity index (χ1) is 4.51. The summed E-state index contributed by atoms with van der Waals surface area (Å²) in [6, 6.07) is 0. The minimum Gasteiger partial charge on any atom is -0.274 e. The second-order valence-electron chi connectivity index (χ2n) is 3.38. The van der Waals surface area contributed by atoms with Gasteiger partial charge in [0.25, 0.3) is 0 Å². The molecule has 0 atom stereocenters. The van der Waals surface area contributed by atoms with Crippen molar-refractivity contribution in [2.75, 3.05) is 7.05 Å². The van der Waals surface area contributed by atoms with Crippen LogP contribution in [0, 0.1) is 5.41 Å². The molecule has 0 radical (unpaired) electrons. The van der Waals surface area contributed by atoms with Gasteiger partial charge in [-0.3, -0.25) is 5.01 Å². The van der Waals surface area contributed by atoms with Gasteiger partial charge < -0.3 is 0 Å². The van der Waals surface area contributed by atoms with Crippen LogP contribution in [0.15, 0.2) is 16.9 Å². The summed E-state index contributed by atoms with van der Waals surface area (Å²) in [5.74, 6) is 0. The van der Waals surface area contributed by atoms with Crippen molar-refractivity contribution >= 4 is 6.21 Å². The number of allylic oxidation sites excluding steroid dienone is 2. The molecule has 0 bridgehead atoms. The van der Waals surface area contributed by atoms with Crippen molar-refractivity contribution in [2.45, 2.75) is 20.8 Å². The molecule has 0 N–H and O–H groups in total. The molecule has 0 unspecified atom stereocenters. The van der Waals surface area contributed by atoms with Gasteiger partial charge in [0.05, 0.1) is 0 Å². The first kappa shape index (κ1) is 7.32. The van der Waals surface area contributed by atoms with Gasteiger partial charge in [0.15, 0.2) is 0 Å². The van der Waals surface area contributed by atoms with Crippen LogP contribution in [-0.4, -0.2) is 18.3 Å². The molecule has 0 saturated heterocycles. The molecule has 10 heavy (non-hydrogen) atoms. The highest BCUT2D eigenvalue weighted by Gasteiger charge is 2.16. The Morgan fingerprint density at radius 1 is 1.50 bits per heavy atom. The van der Waals surface area contributed by atoms with Gasteiger partial charge in [-0.25, -0.2) is 0 Å². The molecule has 1 aliphatic heterocycles. The zero-order valence-electron chi connectivity index (χ0n) is 7.05. The van der Waals surface area contributed by atoms with E-state index in [1.165, 1.54) is 5.70 Å². The van der Waals surface area contributed by atoms with E-state index < -0.39 is 0 Å². The second-order valence-corrected chi connectivity index (χ2v) is 3.38. The Kier molecular flexibility index (Phi) is 1.55. The van der Waals surface area contributed by atoms with Crippen molar-refractivity contribution in [3.63, 3.8) is 0 Å². The highest BCUT2D eigenvalue weighted by molar-refractivity contribution is 5.68. The molecule has 0 aromatic heterocycles. The van der Waals surface area contributed by atoms with Crippen LogP contribution in [0.1, 0.15) is 20.8 Å². The topological polar surface area (TPSA) is 15.6 Å². The van der Waals surface area contributed by atoms with E-state index in [0.29, 0.717) is 0 Å². The van der Waals surface area contributed by atoms with Gasteiger partial charge in [-0.05, 0) is 6.92 Å². The molecule has 1 aliphatic rings. The van der Waals surface area contributed by atoms with Crippen molar-refractivity contribution < 1.29 is 0 Å². The predicted octanol–water partition coefficient (Wildman–Crippen LogP) is 1.85. The quantitative estimate of drug-likeness (QED) is 0.498. The number of hydrazone groups is 1. The molecule has 0 amide bonds. The normalized spacial score (nSPS) is 22.8. The zero-order chi connectivity index (χ0) is 7.78. The lowest BCUT2D eigenvalue weighted by atomic mass is 9.93. The van der Waals surface area contributed by atoms with Gasteiger partial charge in [-0.15, -0.1) is 0 Å². The second kappa shape index (κ2) is 2.11. The number of nitrogens with zero attached hydrogens (tertiary/aromatic N) is 2. The maximum atomic E-state index is 4.20. The third-order valence-corrected chi connectivity index (χ3v) is 1.66. The smallest absolute Gasteiger partial charge is 0.0344 e. The predicted molar refractivity (Wildman–Crippen MR) is 43.8 cm³/mol. The van der Waals surface area contributed by atoms with Crippen LogP contribution >= 0.6 is 0 Å². The molecule has 0 aromatic rings. The summed E-state index contributed by atoms with van der Waals surface area (Å²) in [7, 11) is 1.96. The van der Waals surface area contributed by atoms with Gasteiger partial charge in [0.1, 0.15) is 0 Å². The molecule has 0 aromatic carbocycles. The summed E-state index contributed by atoms with van der Waals surface area (Å²) in [5, 5.41) is 6.08. The van der Waals surface area contributed by atoms with E-state index in [1.807, 2.05) is 18.3 Å². The third kappa shape index (κ3) is 1.38. The number of hydrogen-bond donors (Lipinski definition) is 0. The van der Waals surface area contributed by atoms with Gasteiger partial charge in [0.2, 0.25) is 0 Å². The standard InChI is InChI=1S/C8H14N2/c1-7-5-8(2,3)6-9-10(7)4/h5-6H,1-4H3. The Hall–Kier alpha value is -0.790. The fourth-order valence-corrected chi connectivity index (χ4v) is 0.996. The van der Waals surface area contributed by atoms with Gasteiger partial charge in [-0.2, -0.15) is 5.10 Å². The molecular weight excluding hydrogens is 124 g/mol. The third-order valence-electron chi connectivity index (χ3n) is 1.66. The number of hydrogen-bond acceptors (Lipinski definition) is 2. The molecular formula is C8H14N2. The lowest BCUT2D eigenvalue weighted by Crippen LogP contribution is -2.22. The summed E-state index contributed by atoms with van der Waals surface area (Å²) in [6.07, 6.45) is 4.17. The van der Waals surface area contributed by atoms with E-state index in [2.05, 4.69) is 31.9 Å².